The molecule has 0 radical (unpaired) electrons. The Balaban J connectivity index is 1.79. The molecule has 1 saturated carbocycles. The summed E-state index contributed by atoms with van der Waals surface area (Å²) in [5, 5.41) is 16.4. The summed E-state index contributed by atoms with van der Waals surface area (Å²) in [6, 6.07) is 2.18. The molecule has 10 heteroatoms. The van der Waals surface area contributed by atoms with Crippen LogP contribution in [0.5, 0.6) is 0 Å². The van der Waals surface area contributed by atoms with Gasteiger partial charge >= 0.3 is 0 Å². The molecule has 1 aromatic rings. The molecule has 1 N–H and O–H groups in total. The van der Waals surface area contributed by atoms with Crippen molar-refractivity contribution in [2.75, 3.05) is 26.3 Å². The van der Waals surface area contributed by atoms with E-state index in [0.29, 0.717) is 37.7 Å². The highest BCUT2D eigenvalue weighted by Crippen LogP contribution is 2.39. The summed E-state index contributed by atoms with van der Waals surface area (Å²) in [4.78, 5) is 12.6. The fourth-order valence-electron chi connectivity index (χ4n) is 3.47. The maximum atomic E-state index is 13.0. The van der Waals surface area contributed by atoms with Crippen molar-refractivity contribution >= 4 is 15.9 Å². The summed E-state index contributed by atoms with van der Waals surface area (Å²) >= 11 is 0. The summed E-state index contributed by atoms with van der Waals surface area (Å²) in [6.45, 7) is 6.18. The maximum Gasteiger partial charge on any atom is 0.246 e. The third kappa shape index (κ3) is 3.85. The Morgan fingerprint density at radius 2 is 2.00 bits per heavy atom. The van der Waals surface area contributed by atoms with Crippen LogP contribution >= 0.6 is 0 Å². The minimum Gasteiger partial charge on any atom is -0.379 e. The number of amides is 1. The predicted octanol–water partition coefficient (Wildman–Crippen LogP) is 0.329. The van der Waals surface area contributed by atoms with Crippen molar-refractivity contribution < 1.29 is 17.9 Å². The van der Waals surface area contributed by atoms with Gasteiger partial charge in [0, 0.05) is 13.1 Å². The quantitative estimate of drug-likeness (QED) is 0.742. The summed E-state index contributed by atoms with van der Waals surface area (Å²) in [7, 11) is -3.70. The highest BCUT2D eigenvalue weighted by atomic mass is 32.2. The third-order valence-corrected chi connectivity index (χ3v) is 7.35. The van der Waals surface area contributed by atoms with Gasteiger partial charge in [-0.1, -0.05) is 0 Å². The molecule has 2 heterocycles. The summed E-state index contributed by atoms with van der Waals surface area (Å²) < 4.78 is 34.0. The van der Waals surface area contributed by atoms with Crippen LogP contribution in [0.15, 0.2) is 4.90 Å². The second-order valence-electron chi connectivity index (χ2n) is 7.31. The Bertz CT molecular complexity index is 878. The smallest absolute Gasteiger partial charge is 0.246 e. The molecular formula is C17H25N5O4S. The number of carbonyl (C=O) groups is 1. The van der Waals surface area contributed by atoms with Crippen LogP contribution in [-0.2, 0) is 26.1 Å². The minimum absolute atomic E-state index is 0.130. The molecule has 9 nitrogen and oxygen atoms in total. The van der Waals surface area contributed by atoms with Crippen molar-refractivity contribution in [3.05, 3.63) is 11.4 Å². The van der Waals surface area contributed by atoms with Crippen LogP contribution in [0, 0.1) is 31.1 Å². The largest absolute Gasteiger partial charge is 0.379 e. The first-order chi connectivity index (χ1) is 12.7. The van der Waals surface area contributed by atoms with E-state index in [1.54, 1.807) is 20.8 Å². The number of aromatic nitrogens is 2. The van der Waals surface area contributed by atoms with Crippen LogP contribution in [-0.4, -0.2) is 60.3 Å². The zero-order valence-electron chi connectivity index (χ0n) is 15.9. The lowest BCUT2D eigenvalue weighted by Gasteiger charge is -2.26. The van der Waals surface area contributed by atoms with Crippen molar-refractivity contribution in [2.45, 2.75) is 50.6 Å². The number of carbonyl (C=O) groups excluding carboxylic acids is 1. The average Bonchev–Trinajstić information content (AvgIpc) is 3.43. The van der Waals surface area contributed by atoms with Crippen LogP contribution in [0.1, 0.15) is 31.2 Å². The van der Waals surface area contributed by atoms with Gasteiger partial charge in [-0.15, -0.1) is 0 Å². The predicted molar refractivity (Wildman–Crippen MR) is 96.2 cm³/mol. The zero-order chi connectivity index (χ0) is 19.8. The van der Waals surface area contributed by atoms with E-state index < -0.39 is 15.6 Å². The van der Waals surface area contributed by atoms with E-state index in [4.69, 9.17) is 4.74 Å². The van der Waals surface area contributed by atoms with Crippen molar-refractivity contribution in [2.24, 2.45) is 5.92 Å². The summed E-state index contributed by atoms with van der Waals surface area (Å²) in [5.41, 5.74) is -0.119. The molecule has 1 saturated heterocycles. The lowest BCUT2D eigenvalue weighted by Crippen LogP contribution is -2.48. The average molecular weight is 395 g/mol. The van der Waals surface area contributed by atoms with Crippen LogP contribution in [0.2, 0.25) is 0 Å². The topological polar surface area (TPSA) is 117 Å². The lowest BCUT2D eigenvalue weighted by atomic mass is 9.98. The van der Waals surface area contributed by atoms with Crippen molar-refractivity contribution in [1.82, 2.24) is 19.4 Å². The number of aryl methyl sites for hydroxylation is 1. The van der Waals surface area contributed by atoms with E-state index in [2.05, 4.69) is 16.5 Å². The first kappa shape index (κ1) is 19.8. The molecule has 0 spiro atoms. The molecule has 148 valence electrons. The Hall–Kier alpha value is -1.96. The third-order valence-electron chi connectivity index (χ3n) is 5.20. The standard InChI is InChI=1S/C17H25N5O4S/c1-12-16(27(24,25)21-6-8-26-9-7-21)13(2)22(20-12)10-15(23)19-17(3,11-18)14-4-5-14/h14H,4-10H2,1-3H3,(H,19,23)/t17-/m1/s1. The first-order valence-corrected chi connectivity index (χ1v) is 10.5. The highest BCUT2D eigenvalue weighted by Gasteiger charge is 2.43. The Kier molecular flexibility index (Phi) is 5.29. The fourth-order valence-corrected chi connectivity index (χ4v) is 5.25. The normalized spacial score (nSPS) is 20.7. The minimum atomic E-state index is -3.70. The van der Waals surface area contributed by atoms with Gasteiger partial charge in [-0.3, -0.25) is 9.48 Å². The summed E-state index contributed by atoms with van der Waals surface area (Å²) in [6.07, 6.45) is 1.85. The van der Waals surface area contributed by atoms with Gasteiger partial charge in [0.25, 0.3) is 0 Å². The highest BCUT2D eigenvalue weighted by molar-refractivity contribution is 7.89. The fraction of sp³-hybridized carbons (Fsp3) is 0.706. The number of ether oxygens (including phenoxy) is 1. The van der Waals surface area contributed by atoms with E-state index in [-0.39, 0.29) is 23.3 Å². The van der Waals surface area contributed by atoms with Crippen LogP contribution < -0.4 is 5.32 Å². The van der Waals surface area contributed by atoms with Crippen LogP contribution in [0.25, 0.3) is 0 Å². The van der Waals surface area contributed by atoms with Crippen molar-refractivity contribution in [3.8, 4) is 6.07 Å². The van der Waals surface area contributed by atoms with Gasteiger partial charge < -0.3 is 10.1 Å². The maximum absolute atomic E-state index is 13.0. The molecule has 0 aromatic carbocycles. The number of rotatable bonds is 6. The SMILES string of the molecule is Cc1nn(CC(=O)N[C@](C)(C#N)C2CC2)c(C)c1S(=O)(=O)N1CCOCC1. The van der Waals surface area contributed by atoms with E-state index in [0.717, 1.165) is 12.8 Å². The van der Waals surface area contributed by atoms with Crippen LogP contribution in [0.4, 0.5) is 0 Å². The van der Waals surface area contributed by atoms with Gasteiger partial charge in [0.05, 0.1) is 30.7 Å². The molecule has 1 atom stereocenters. The van der Waals surface area contributed by atoms with Gasteiger partial charge in [0.15, 0.2) is 0 Å². The van der Waals surface area contributed by atoms with Crippen molar-refractivity contribution in [1.29, 1.82) is 5.26 Å². The molecule has 2 fully saturated rings. The monoisotopic (exact) mass is 395 g/mol. The number of nitriles is 1. The number of nitrogens with zero attached hydrogens (tertiary/aromatic N) is 4. The molecule has 0 unspecified atom stereocenters. The molecule has 0 bridgehead atoms. The van der Waals surface area contributed by atoms with E-state index >= 15 is 0 Å². The van der Waals surface area contributed by atoms with Gasteiger partial charge in [-0.25, -0.2) is 8.42 Å². The zero-order valence-corrected chi connectivity index (χ0v) is 16.7. The van der Waals surface area contributed by atoms with Gasteiger partial charge in [0.2, 0.25) is 15.9 Å². The molecule has 1 amide bonds. The molecule has 3 rings (SSSR count). The Morgan fingerprint density at radius 1 is 1.37 bits per heavy atom. The number of nitrogens with one attached hydrogen (secondary N) is 1. The Morgan fingerprint density at radius 3 is 2.56 bits per heavy atom. The summed E-state index contributed by atoms with van der Waals surface area (Å²) in [5.74, 6) is -0.184. The first-order valence-electron chi connectivity index (χ1n) is 9.03. The molecule has 1 aromatic heterocycles. The molecule has 1 aliphatic carbocycles. The molecule has 1 aliphatic heterocycles. The van der Waals surface area contributed by atoms with Gasteiger partial charge in [-0.2, -0.15) is 14.7 Å². The van der Waals surface area contributed by atoms with Gasteiger partial charge in [-0.05, 0) is 39.5 Å². The van der Waals surface area contributed by atoms with E-state index in [1.165, 1.54) is 8.99 Å². The molecular weight excluding hydrogens is 370 g/mol. The molecule has 2 aliphatic rings. The van der Waals surface area contributed by atoms with Crippen molar-refractivity contribution in [3.63, 3.8) is 0 Å². The van der Waals surface area contributed by atoms with Gasteiger partial charge in [0.1, 0.15) is 17.0 Å². The number of sulfonamides is 1. The molecule has 27 heavy (non-hydrogen) atoms. The second-order valence-corrected chi connectivity index (χ2v) is 9.19. The second kappa shape index (κ2) is 7.22. The van der Waals surface area contributed by atoms with E-state index in [1.807, 2.05) is 0 Å². The number of hydrogen-bond donors (Lipinski definition) is 1. The van der Waals surface area contributed by atoms with Crippen LogP contribution in [0.3, 0.4) is 0 Å². The Labute approximate surface area is 159 Å². The lowest BCUT2D eigenvalue weighted by molar-refractivity contribution is -0.123. The number of hydrogen-bond acceptors (Lipinski definition) is 6. The number of morpholine rings is 1. The van der Waals surface area contributed by atoms with E-state index in [9.17, 15) is 18.5 Å².